The second kappa shape index (κ2) is 9.28. The Balaban J connectivity index is 1.68. The van der Waals surface area contributed by atoms with Gasteiger partial charge in [-0.1, -0.05) is 25.2 Å². The minimum Gasteiger partial charge on any atom is -0.393 e. The number of rotatable bonds is 7. The molecule has 30 heavy (non-hydrogen) atoms. The largest absolute Gasteiger partial charge is 0.393 e. The minimum absolute atomic E-state index is 0.194. The van der Waals surface area contributed by atoms with Crippen LogP contribution < -0.4 is 0 Å². The highest BCUT2D eigenvalue weighted by Crippen LogP contribution is 2.57. The highest BCUT2D eigenvalue weighted by molar-refractivity contribution is 5.37. The molecule has 0 aliphatic heterocycles. The first-order chi connectivity index (χ1) is 14.0. The summed E-state index contributed by atoms with van der Waals surface area (Å²) >= 11 is 0. The molecule has 0 saturated heterocycles. The third kappa shape index (κ3) is 5.27. The Morgan fingerprint density at radius 2 is 2.00 bits per heavy atom. The van der Waals surface area contributed by atoms with Gasteiger partial charge in [0.15, 0.2) is 0 Å². The summed E-state index contributed by atoms with van der Waals surface area (Å²) in [5.41, 5.74) is 3.03. The highest BCUT2D eigenvalue weighted by Gasteiger charge is 2.50. The van der Waals surface area contributed by atoms with Crippen molar-refractivity contribution in [3.63, 3.8) is 0 Å². The molecule has 0 aromatic carbocycles. The molecule has 0 radical (unpaired) electrons. The van der Waals surface area contributed by atoms with Gasteiger partial charge >= 0.3 is 0 Å². The van der Waals surface area contributed by atoms with Gasteiger partial charge in [0, 0.05) is 13.0 Å². The van der Waals surface area contributed by atoms with E-state index in [1.54, 1.807) is 0 Å². The van der Waals surface area contributed by atoms with Crippen molar-refractivity contribution < 1.29 is 20.1 Å². The van der Waals surface area contributed by atoms with Crippen LogP contribution in [0, 0.1) is 17.3 Å². The summed E-state index contributed by atoms with van der Waals surface area (Å²) in [6, 6.07) is 0. The summed E-state index contributed by atoms with van der Waals surface area (Å²) in [5, 5.41) is 30.2. The quantitative estimate of drug-likeness (QED) is 0.561. The number of ether oxygens (including phenoxy) is 1. The first-order valence-corrected chi connectivity index (χ1v) is 11.8. The predicted molar refractivity (Wildman–Crippen MR) is 121 cm³/mol. The lowest BCUT2D eigenvalue weighted by Crippen LogP contribution is -2.38. The molecule has 4 heteroatoms. The van der Waals surface area contributed by atoms with Gasteiger partial charge in [-0.15, -0.1) is 0 Å². The molecule has 6 atom stereocenters. The summed E-state index contributed by atoms with van der Waals surface area (Å²) in [6.45, 7) is 10.9. The Kier molecular flexibility index (Phi) is 7.33. The van der Waals surface area contributed by atoms with Crippen molar-refractivity contribution in [1.82, 2.24) is 0 Å². The maximum Gasteiger partial charge on any atom is 0.0777 e. The number of aliphatic hydroxyl groups is 3. The van der Waals surface area contributed by atoms with E-state index in [1.165, 1.54) is 24.8 Å². The number of fused-ring (bicyclic) bond motifs is 1. The highest BCUT2D eigenvalue weighted by atomic mass is 16.5. The summed E-state index contributed by atoms with van der Waals surface area (Å²) in [5.74, 6) is 1.06. The van der Waals surface area contributed by atoms with Gasteiger partial charge in [0.1, 0.15) is 0 Å². The molecule has 3 aliphatic carbocycles. The fourth-order valence-corrected chi connectivity index (χ4v) is 5.97. The van der Waals surface area contributed by atoms with E-state index in [4.69, 9.17) is 4.74 Å². The van der Waals surface area contributed by atoms with E-state index in [0.717, 1.165) is 17.6 Å². The molecule has 0 aromatic rings. The zero-order valence-electron chi connectivity index (χ0n) is 19.5. The zero-order chi connectivity index (χ0) is 22.1. The average molecular weight is 419 g/mol. The van der Waals surface area contributed by atoms with Gasteiger partial charge in [-0.05, 0) is 100 Å². The second-order valence-electron chi connectivity index (χ2n) is 10.8. The van der Waals surface area contributed by atoms with Crippen LogP contribution in [0.2, 0.25) is 0 Å². The van der Waals surface area contributed by atoms with Crippen molar-refractivity contribution in [3.8, 4) is 0 Å². The van der Waals surface area contributed by atoms with Crippen molar-refractivity contribution in [1.29, 1.82) is 0 Å². The molecule has 0 unspecified atom stereocenters. The van der Waals surface area contributed by atoms with E-state index in [1.807, 2.05) is 20.8 Å². The molecule has 3 rings (SSSR count). The first-order valence-electron chi connectivity index (χ1n) is 11.8. The van der Waals surface area contributed by atoms with Gasteiger partial charge in [0.2, 0.25) is 0 Å². The third-order valence-electron chi connectivity index (χ3n) is 7.97. The molecule has 0 heterocycles. The number of aliphatic hydroxyl groups excluding tert-OH is 2. The Morgan fingerprint density at radius 1 is 1.27 bits per heavy atom. The van der Waals surface area contributed by atoms with Crippen molar-refractivity contribution in [3.05, 3.63) is 34.9 Å². The smallest absolute Gasteiger partial charge is 0.0777 e. The maximum absolute atomic E-state index is 10.2. The van der Waals surface area contributed by atoms with E-state index >= 15 is 0 Å². The number of hydrogen-bond donors (Lipinski definition) is 3. The van der Waals surface area contributed by atoms with Crippen LogP contribution in [0.3, 0.4) is 0 Å². The Hall–Kier alpha value is -0.940. The van der Waals surface area contributed by atoms with Crippen molar-refractivity contribution in [2.45, 2.75) is 103 Å². The van der Waals surface area contributed by atoms with Crippen LogP contribution in [0.5, 0.6) is 0 Å². The fourth-order valence-electron chi connectivity index (χ4n) is 5.97. The van der Waals surface area contributed by atoms with Crippen LogP contribution >= 0.6 is 0 Å². The van der Waals surface area contributed by atoms with Crippen LogP contribution in [-0.4, -0.2) is 45.8 Å². The Bertz CT molecular complexity index is 698. The van der Waals surface area contributed by atoms with Crippen molar-refractivity contribution in [2.75, 3.05) is 6.61 Å². The van der Waals surface area contributed by atoms with Crippen LogP contribution in [0.15, 0.2) is 34.9 Å². The molecule has 0 aromatic heterocycles. The van der Waals surface area contributed by atoms with Crippen LogP contribution in [0.1, 0.15) is 79.6 Å². The summed E-state index contributed by atoms with van der Waals surface area (Å²) in [7, 11) is 0. The van der Waals surface area contributed by atoms with E-state index in [0.29, 0.717) is 37.7 Å². The predicted octanol–water partition coefficient (Wildman–Crippen LogP) is 4.69. The second-order valence-corrected chi connectivity index (χ2v) is 10.8. The topological polar surface area (TPSA) is 69.9 Å². The molecule has 0 spiro atoms. The van der Waals surface area contributed by atoms with Crippen LogP contribution in [0.25, 0.3) is 0 Å². The lowest BCUT2D eigenvalue weighted by Gasteiger charge is -2.42. The van der Waals surface area contributed by atoms with Gasteiger partial charge in [0.05, 0.1) is 23.9 Å². The molecule has 4 nitrogen and oxygen atoms in total. The molecule has 1 fully saturated rings. The van der Waals surface area contributed by atoms with Crippen LogP contribution in [-0.2, 0) is 4.74 Å². The monoisotopic (exact) mass is 418 g/mol. The zero-order valence-corrected chi connectivity index (χ0v) is 19.5. The Labute approximate surface area is 182 Å². The van der Waals surface area contributed by atoms with Crippen molar-refractivity contribution >= 4 is 0 Å². The van der Waals surface area contributed by atoms with Gasteiger partial charge in [-0.25, -0.2) is 0 Å². The average Bonchev–Trinajstić information content (AvgIpc) is 3.00. The molecule has 170 valence electrons. The third-order valence-corrected chi connectivity index (χ3v) is 7.97. The molecular weight excluding hydrogens is 376 g/mol. The van der Waals surface area contributed by atoms with E-state index in [2.05, 4.69) is 32.1 Å². The minimum atomic E-state index is -0.680. The summed E-state index contributed by atoms with van der Waals surface area (Å²) in [6.07, 6.45) is 12.3. The van der Waals surface area contributed by atoms with E-state index < -0.39 is 17.8 Å². The van der Waals surface area contributed by atoms with E-state index in [-0.39, 0.29) is 11.5 Å². The molecule has 1 saturated carbocycles. The Morgan fingerprint density at radius 3 is 2.70 bits per heavy atom. The molecular formula is C26H42O4. The fraction of sp³-hybridized carbons (Fsp3) is 0.769. The summed E-state index contributed by atoms with van der Waals surface area (Å²) in [4.78, 5) is 0. The lowest BCUT2D eigenvalue weighted by molar-refractivity contribution is -0.0432. The lowest BCUT2D eigenvalue weighted by atomic mass is 9.64. The molecule has 0 bridgehead atoms. The molecule has 3 N–H and O–H groups in total. The SMILES string of the molecule is CC1=C(C=CC2=CCC[C@]3(C)[C@@H]([C@H](C)OCCC(C)(C)O)CC[C@@H]23)C[C@@H](O)C[C@@H]1O. The van der Waals surface area contributed by atoms with E-state index in [9.17, 15) is 15.3 Å². The van der Waals surface area contributed by atoms with Gasteiger partial charge in [-0.2, -0.15) is 0 Å². The van der Waals surface area contributed by atoms with Crippen LogP contribution in [0.4, 0.5) is 0 Å². The maximum atomic E-state index is 10.2. The first kappa shape index (κ1) is 23.7. The molecule has 3 aliphatic rings. The number of allylic oxidation sites excluding steroid dienone is 4. The normalized spacial score (nSPS) is 36.2. The summed E-state index contributed by atoms with van der Waals surface area (Å²) < 4.78 is 6.18. The van der Waals surface area contributed by atoms with Gasteiger partial charge in [-0.3, -0.25) is 0 Å². The van der Waals surface area contributed by atoms with Crippen molar-refractivity contribution in [2.24, 2.45) is 17.3 Å². The number of hydrogen-bond acceptors (Lipinski definition) is 4. The standard InChI is InChI=1S/C26H42O4/c1-17-20(15-21(27)16-24(17)28)9-8-19-7-6-12-26(5)22(10-11-23(19)26)18(2)30-14-13-25(3,4)29/h7-9,18,21-24,27-29H,6,10-16H2,1-5H3/t18-,21+,22+,23-,24-,26+/m0/s1. The molecule has 0 amide bonds. The van der Waals surface area contributed by atoms with Gasteiger partial charge < -0.3 is 20.1 Å². The van der Waals surface area contributed by atoms with Gasteiger partial charge in [0.25, 0.3) is 0 Å².